The summed E-state index contributed by atoms with van der Waals surface area (Å²) in [4.78, 5) is 11.4. The average molecular weight is 153 g/mol. The van der Waals surface area contributed by atoms with Crippen LogP contribution in [0.1, 0.15) is 20.3 Å². The molecule has 0 aromatic carbocycles. The van der Waals surface area contributed by atoms with Crippen molar-refractivity contribution in [3.8, 4) is 0 Å². The number of hydrogen-bond acceptors (Lipinski definition) is 2. The zero-order valence-corrected chi connectivity index (χ0v) is 7.08. The van der Waals surface area contributed by atoms with Gasteiger partial charge in [0.25, 0.3) is 0 Å². The van der Waals surface area contributed by atoms with Crippen molar-refractivity contribution in [3.05, 3.63) is 12.2 Å². The second-order valence-electron chi connectivity index (χ2n) is 3.45. The van der Waals surface area contributed by atoms with Gasteiger partial charge in [0.2, 0.25) is 0 Å². The lowest BCUT2D eigenvalue weighted by Crippen LogP contribution is -2.21. The van der Waals surface area contributed by atoms with Crippen LogP contribution < -0.4 is 5.73 Å². The molecule has 0 saturated carbocycles. The van der Waals surface area contributed by atoms with E-state index in [0.717, 1.165) is 6.42 Å². The Hall–Kier alpha value is -0.630. The SMILES string of the molecule is CC(C)C(=O)C1C=CC(N)C1. The van der Waals surface area contributed by atoms with E-state index in [9.17, 15) is 4.79 Å². The zero-order valence-electron chi connectivity index (χ0n) is 7.08. The van der Waals surface area contributed by atoms with Crippen LogP contribution in [-0.2, 0) is 4.79 Å². The highest BCUT2D eigenvalue weighted by molar-refractivity contribution is 5.84. The van der Waals surface area contributed by atoms with Crippen LogP contribution in [0, 0.1) is 11.8 Å². The van der Waals surface area contributed by atoms with E-state index in [2.05, 4.69) is 0 Å². The summed E-state index contributed by atoms with van der Waals surface area (Å²) >= 11 is 0. The topological polar surface area (TPSA) is 43.1 Å². The van der Waals surface area contributed by atoms with Gasteiger partial charge in [-0.25, -0.2) is 0 Å². The third-order valence-corrected chi connectivity index (χ3v) is 2.05. The molecule has 2 N–H and O–H groups in total. The summed E-state index contributed by atoms with van der Waals surface area (Å²) in [7, 11) is 0. The van der Waals surface area contributed by atoms with Crippen molar-refractivity contribution < 1.29 is 4.79 Å². The quantitative estimate of drug-likeness (QED) is 0.604. The Morgan fingerprint density at radius 3 is 2.55 bits per heavy atom. The first kappa shape index (κ1) is 8.47. The van der Waals surface area contributed by atoms with Crippen molar-refractivity contribution in [2.75, 3.05) is 0 Å². The van der Waals surface area contributed by atoms with Crippen LogP contribution in [0.5, 0.6) is 0 Å². The van der Waals surface area contributed by atoms with Gasteiger partial charge in [-0.05, 0) is 6.42 Å². The summed E-state index contributed by atoms with van der Waals surface area (Å²) in [6, 6.07) is 0.0997. The molecule has 0 fully saturated rings. The van der Waals surface area contributed by atoms with Crippen molar-refractivity contribution in [2.45, 2.75) is 26.3 Å². The van der Waals surface area contributed by atoms with Crippen LogP contribution >= 0.6 is 0 Å². The van der Waals surface area contributed by atoms with Gasteiger partial charge >= 0.3 is 0 Å². The number of carbonyl (C=O) groups excluding carboxylic acids is 1. The predicted octanol–water partition coefficient (Wildman–Crippen LogP) is 1.11. The van der Waals surface area contributed by atoms with E-state index >= 15 is 0 Å². The molecule has 1 aliphatic carbocycles. The second kappa shape index (κ2) is 3.18. The van der Waals surface area contributed by atoms with E-state index in [0.29, 0.717) is 5.78 Å². The molecule has 11 heavy (non-hydrogen) atoms. The minimum atomic E-state index is 0.0880. The molecule has 2 unspecified atom stereocenters. The van der Waals surface area contributed by atoms with Crippen molar-refractivity contribution >= 4 is 5.78 Å². The van der Waals surface area contributed by atoms with Gasteiger partial charge in [0, 0.05) is 17.9 Å². The van der Waals surface area contributed by atoms with Gasteiger partial charge in [0.1, 0.15) is 5.78 Å². The minimum Gasteiger partial charge on any atom is -0.324 e. The molecular weight excluding hydrogens is 138 g/mol. The van der Waals surface area contributed by atoms with Crippen LogP contribution in [-0.4, -0.2) is 11.8 Å². The number of carbonyl (C=O) groups is 1. The number of ketones is 1. The Bertz CT molecular complexity index is 184. The standard InChI is InChI=1S/C9H15NO/c1-6(2)9(11)7-3-4-8(10)5-7/h3-4,6-8H,5,10H2,1-2H3. The molecule has 2 heteroatoms. The summed E-state index contributed by atoms with van der Waals surface area (Å²) in [5.41, 5.74) is 5.62. The fourth-order valence-corrected chi connectivity index (χ4v) is 1.37. The Morgan fingerprint density at radius 1 is 1.55 bits per heavy atom. The lowest BCUT2D eigenvalue weighted by molar-refractivity contribution is -0.124. The van der Waals surface area contributed by atoms with Crippen LogP contribution in [0.25, 0.3) is 0 Å². The molecule has 0 bridgehead atoms. The molecule has 1 rings (SSSR count). The molecule has 62 valence electrons. The van der Waals surface area contributed by atoms with Gasteiger partial charge in [-0.15, -0.1) is 0 Å². The van der Waals surface area contributed by atoms with Gasteiger partial charge in [-0.2, -0.15) is 0 Å². The maximum Gasteiger partial charge on any atom is 0.142 e. The lowest BCUT2D eigenvalue weighted by atomic mass is 9.94. The van der Waals surface area contributed by atoms with Gasteiger partial charge in [-0.3, -0.25) is 4.79 Å². The first-order valence-corrected chi connectivity index (χ1v) is 4.09. The van der Waals surface area contributed by atoms with E-state index in [1.54, 1.807) is 0 Å². The van der Waals surface area contributed by atoms with Crippen molar-refractivity contribution in [1.29, 1.82) is 0 Å². The smallest absolute Gasteiger partial charge is 0.142 e. The van der Waals surface area contributed by atoms with E-state index < -0.39 is 0 Å². The summed E-state index contributed by atoms with van der Waals surface area (Å²) in [5, 5.41) is 0. The highest BCUT2D eigenvalue weighted by Gasteiger charge is 2.23. The van der Waals surface area contributed by atoms with E-state index in [4.69, 9.17) is 5.73 Å². The monoisotopic (exact) mass is 153 g/mol. The molecule has 0 aliphatic heterocycles. The Labute approximate surface area is 67.5 Å². The number of allylic oxidation sites excluding steroid dienone is 1. The first-order chi connectivity index (χ1) is 5.11. The Balaban J connectivity index is 2.51. The number of rotatable bonds is 2. The van der Waals surface area contributed by atoms with Crippen LogP contribution in [0.3, 0.4) is 0 Å². The maximum atomic E-state index is 11.4. The molecule has 0 radical (unpaired) electrons. The maximum absolute atomic E-state index is 11.4. The van der Waals surface area contributed by atoms with E-state index in [1.807, 2.05) is 26.0 Å². The van der Waals surface area contributed by atoms with Gasteiger partial charge < -0.3 is 5.73 Å². The lowest BCUT2D eigenvalue weighted by Gasteiger charge is -2.10. The molecule has 0 amide bonds. The molecule has 0 aromatic heterocycles. The molecule has 0 heterocycles. The predicted molar refractivity (Wildman–Crippen MR) is 45.1 cm³/mol. The zero-order chi connectivity index (χ0) is 8.43. The summed E-state index contributed by atoms with van der Waals surface area (Å²) in [6.07, 6.45) is 4.66. The molecule has 2 atom stereocenters. The number of hydrogen-bond donors (Lipinski definition) is 1. The fourth-order valence-electron chi connectivity index (χ4n) is 1.37. The normalized spacial score (nSPS) is 29.8. The average Bonchev–Trinajstić information content (AvgIpc) is 2.34. The number of nitrogens with two attached hydrogens (primary N) is 1. The molecule has 2 nitrogen and oxygen atoms in total. The van der Waals surface area contributed by atoms with Gasteiger partial charge in [0.15, 0.2) is 0 Å². The van der Waals surface area contributed by atoms with Crippen LogP contribution in [0.2, 0.25) is 0 Å². The minimum absolute atomic E-state index is 0.0880. The van der Waals surface area contributed by atoms with Crippen LogP contribution in [0.4, 0.5) is 0 Å². The molecular formula is C9H15NO. The van der Waals surface area contributed by atoms with E-state index in [-0.39, 0.29) is 17.9 Å². The van der Waals surface area contributed by atoms with E-state index in [1.165, 1.54) is 0 Å². The molecule has 0 aromatic rings. The third-order valence-electron chi connectivity index (χ3n) is 2.05. The molecule has 0 saturated heterocycles. The van der Waals surface area contributed by atoms with Crippen LogP contribution in [0.15, 0.2) is 12.2 Å². The fraction of sp³-hybridized carbons (Fsp3) is 0.667. The highest BCUT2D eigenvalue weighted by Crippen LogP contribution is 2.20. The summed E-state index contributed by atoms with van der Waals surface area (Å²) < 4.78 is 0. The van der Waals surface area contributed by atoms with Crippen molar-refractivity contribution in [2.24, 2.45) is 17.6 Å². The molecule has 0 spiro atoms. The van der Waals surface area contributed by atoms with Gasteiger partial charge in [-0.1, -0.05) is 26.0 Å². The second-order valence-corrected chi connectivity index (χ2v) is 3.45. The highest BCUT2D eigenvalue weighted by atomic mass is 16.1. The summed E-state index contributed by atoms with van der Waals surface area (Å²) in [5.74, 6) is 0.536. The number of Topliss-reactive ketones (excluding diaryl/α,β-unsaturated/α-hetero) is 1. The van der Waals surface area contributed by atoms with Gasteiger partial charge in [0.05, 0.1) is 0 Å². The first-order valence-electron chi connectivity index (χ1n) is 4.09. The van der Waals surface area contributed by atoms with Crippen molar-refractivity contribution in [1.82, 2.24) is 0 Å². The summed E-state index contributed by atoms with van der Waals surface area (Å²) in [6.45, 7) is 3.86. The third kappa shape index (κ3) is 1.90. The van der Waals surface area contributed by atoms with Crippen molar-refractivity contribution in [3.63, 3.8) is 0 Å². The largest absolute Gasteiger partial charge is 0.324 e. The Kier molecular flexibility index (Phi) is 2.45. The Morgan fingerprint density at radius 2 is 2.18 bits per heavy atom. The molecule has 1 aliphatic rings.